The summed E-state index contributed by atoms with van der Waals surface area (Å²) in [5, 5.41) is 9.91. The van der Waals surface area contributed by atoms with Crippen molar-refractivity contribution in [2.45, 2.75) is 0 Å². The van der Waals surface area contributed by atoms with E-state index in [1.807, 2.05) is 0 Å². The van der Waals surface area contributed by atoms with Crippen LogP contribution >= 0.6 is 46.4 Å². The Bertz CT molecular complexity index is 796. The second-order valence-electron chi connectivity index (χ2n) is 4.19. The first-order valence-corrected chi connectivity index (χ1v) is 7.29. The molecule has 7 heteroatoms. The van der Waals surface area contributed by atoms with Crippen molar-refractivity contribution in [2.75, 3.05) is 0 Å². The first-order chi connectivity index (χ1) is 10.0. The smallest absolute Gasteiger partial charge is 0.249 e. The van der Waals surface area contributed by atoms with Crippen LogP contribution in [-0.4, -0.2) is 10.2 Å². The second-order valence-corrected chi connectivity index (χ2v) is 5.91. The summed E-state index contributed by atoms with van der Waals surface area (Å²) in [6.45, 7) is 0. The van der Waals surface area contributed by atoms with Gasteiger partial charge in [0.1, 0.15) is 0 Å². The van der Waals surface area contributed by atoms with Gasteiger partial charge in [0.15, 0.2) is 0 Å². The van der Waals surface area contributed by atoms with Crippen molar-refractivity contribution in [1.82, 2.24) is 10.2 Å². The molecule has 3 rings (SSSR count). The summed E-state index contributed by atoms with van der Waals surface area (Å²) < 4.78 is 5.62. The molecular weight excluding hydrogens is 354 g/mol. The van der Waals surface area contributed by atoms with Gasteiger partial charge in [-0.15, -0.1) is 10.2 Å². The van der Waals surface area contributed by atoms with Crippen molar-refractivity contribution >= 4 is 46.4 Å². The van der Waals surface area contributed by atoms with Gasteiger partial charge in [-0.2, -0.15) is 0 Å². The Morgan fingerprint density at radius 1 is 0.714 bits per heavy atom. The summed E-state index contributed by atoms with van der Waals surface area (Å²) in [6, 6.07) is 10.0. The number of hydrogen-bond acceptors (Lipinski definition) is 3. The summed E-state index contributed by atoms with van der Waals surface area (Å²) in [6.07, 6.45) is 0. The molecule has 3 aromatic rings. The number of aromatic nitrogens is 2. The monoisotopic (exact) mass is 358 g/mol. The van der Waals surface area contributed by atoms with Crippen molar-refractivity contribution in [1.29, 1.82) is 0 Å². The van der Waals surface area contributed by atoms with Gasteiger partial charge in [-0.05, 0) is 36.4 Å². The fourth-order valence-corrected chi connectivity index (χ4v) is 2.80. The molecule has 0 aliphatic carbocycles. The number of nitrogens with zero attached hydrogens (tertiary/aromatic N) is 2. The molecule has 0 spiro atoms. The van der Waals surface area contributed by atoms with E-state index in [-0.39, 0.29) is 0 Å². The van der Waals surface area contributed by atoms with Crippen LogP contribution in [0, 0.1) is 0 Å². The molecule has 3 nitrogen and oxygen atoms in total. The third kappa shape index (κ3) is 3.16. The zero-order valence-corrected chi connectivity index (χ0v) is 13.3. The van der Waals surface area contributed by atoms with Gasteiger partial charge in [0.2, 0.25) is 11.8 Å². The third-order valence-electron chi connectivity index (χ3n) is 2.70. The van der Waals surface area contributed by atoms with Gasteiger partial charge < -0.3 is 4.42 Å². The van der Waals surface area contributed by atoms with Crippen LogP contribution in [0.25, 0.3) is 22.9 Å². The van der Waals surface area contributed by atoms with Gasteiger partial charge in [-0.1, -0.05) is 46.4 Å². The lowest BCUT2D eigenvalue weighted by molar-refractivity contribution is 0.584. The molecule has 1 heterocycles. The summed E-state index contributed by atoms with van der Waals surface area (Å²) in [4.78, 5) is 0. The Morgan fingerprint density at radius 2 is 1.38 bits per heavy atom. The van der Waals surface area contributed by atoms with Crippen molar-refractivity contribution in [3.8, 4) is 22.9 Å². The van der Waals surface area contributed by atoms with Crippen molar-refractivity contribution < 1.29 is 4.42 Å². The van der Waals surface area contributed by atoms with E-state index in [0.29, 0.717) is 43.0 Å². The third-order valence-corrected chi connectivity index (χ3v) is 3.68. The van der Waals surface area contributed by atoms with Gasteiger partial charge in [0, 0.05) is 20.6 Å². The fourth-order valence-electron chi connectivity index (χ4n) is 1.79. The van der Waals surface area contributed by atoms with Gasteiger partial charge in [-0.3, -0.25) is 0 Å². The van der Waals surface area contributed by atoms with E-state index in [1.54, 1.807) is 36.4 Å². The van der Waals surface area contributed by atoms with E-state index in [9.17, 15) is 0 Å². The quantitative estimate of drug-likeness (QED) is 0.561. The highest BCUT2D eigenvalue weighted by molar-refractivity contribution is 6.36. The minimum atomic E-state index is 0.294. The SMILES string of the molecule is Clc1cc(Cl)cc(-c2nnc(-c3ccc(Cl)cc3Cl)o2)c1. The number of hydrogen-bond donors (Lipinski definition) is 0. The highest BCUT2D eigenvalue weighted by Gasteiger charge is 2.14. The van der Waals surface area contributed by atoms with Gasteiger partial charge in [-0.25, -0.2) is 0 Å². The highest BCUT2D eigenvalue weighted by atomic mass is 35.5. The molecule has 0 N–H and O–H groups in total. The molecule has 2 aromatic carbocycles. The lowest BCUT2D eigenvalue weighted by atomic mass is 10.2. The average molecular weight is 360 g/mol. The van der Waals surface area contributed by atoms with Crippen molar-refractivity contribution in [2.24, 2.45) is 0 Å². The van der Waals surface area contributed by atoms with Crippen LogP contribution in [0.2, 0.25) is 20.1 Å². The molecule has 0 bridgehead atoms. The minimum absolute atomic E-state index is 0.294. The molecule has 0 fully saturated rings. The Kier molecular flexibility index (Phi) is 4.09. The van der Waals surface area contributed by atoms with Crippen LogP contribution in [0.3, 0.4) is 0 Å². The van der Waals surface area contributed by atoms with E-state index < -0.39 is 0 Å². The summed E-state index contributed by atoms with van der Waals surface area (Å²) in [5.41, 5.74) is 1.24. The van der Waals surface area contributed by atoms with E-state index in [4.69, 9.17) is 50.8 Å². The molecule has 1 aromatic heterocycles. The molecular formula is C14H6Cl4N2O. The predicted molar refractivity (Wildman–Crippen MR) is 85.2 cm³/mol. The van der Waals surface area contributed by atoms with E-state index in [0.717, 1.165) is 0 Å². The normalized spacial score (nSPS) is 10.9. The van der Waals surface area contributed by atoms with Crippen LogP contribution in [0.1, 0.15) is 0 Å². The lowest BCUT2D eigenvalue weighted by Crippen LogP contribution is -1.79. The van der Waals surface area contributed by atoms with Gasteiger partial charge in [0.05, 0.1) is 10.6 Å². The van der Waals surface area contributed by atoms with Gasteiger partial charge in [0.25, 0.3) is 0 Å². The van der Waals surface area contributed by atoms with Crippen LogP contribution in [0.15, 0.2) is 40.8 Å². The van der Waals surface area contributed by atoms with Crippen LogP contribution in [0.5, 0.6) is 0 Å². The van der Waals surface area contributed by atoms with E-state index in [2.05, 4.69) is 10.2 Å². The molecule has 0 saturated carbocycles. The predicted octanol–water partition coefficient (Wildman–Crippen LogP) is 6.02. The standard InChI is InChI=1S/C14H6Cl4N2O/c15-8-1-2-11(12(18)6-8)14-20-19-13(21-14)7-3-9(16)5-10(17)4-7/h1-6H. The lowest BCUT2D eigenvalue weighted by Gasteiger charge is -2.00. The molecule has 0 unspecified atom stereocenters. The first kappa shape index (κ1) is 14.7. The molecule has 0 aliphatic heterocycles. The molecule has 0 radical (unpaired) electrons. The Hall–Kier alpha value is -1.26. The van der Waals surface area contributed by atoms with Crippen LogP contribution < -0.4 is 0 Å². The fraction of sp³-hybridized carbons (Fsp3) is 0. The zero-order chi connectivity index (χ0) is 15.0. The molecule has 21 heavy (non-hydrogen) atoms. The maximum absolute atomic E-state index is 6.12. The van der Waals surface area contributed by atoms with Crippen molar-refractivity contribution in [3.05, 3.63) is 56.5 Å². The zero-order valence-electron chi connectivity index (χ0n) is 10.3. The molecule has 106 valence electrons. The maximum Gasteiger partial charge on any atom is 0.249 e. The number of halogens is 4. The van der Waals surface area contributed by atoms with E-state index >= 15 is 0 Å². The van der Waals surface area contributed by atoms with Gasteiger partial charge >= 0.3 is 0 Å². The molecule has 0 atom stereocenters. The Morgan fingerprint density at radius 3 is 2.05 bits per heavy atom. The van der Waals surface area contributed by atoms with Crippen LogP contribution in [-0.2, 0) is 0 Å². The van der Waals surface area contributed by atoms with Crippen LogP contribution in [0.4, 0.5) is 0 Å². The molecule has 0 amide bonds. The molecule has 0 saturated heterocycles. The van der Waals surface area contributed by atoms with E-state index in [1.165, 1.54) is 0 Å². The largest absolute Gasteiger partial charge is 0.416 e. The average Bonchev–Trinajstić information content (AvgIpc) is 2.87. The topological polar surface area (TPSA) is 38.9 Å². The second kappa shape index (κ2) is 5.85. The number of rotatable bonds is 2. The minimum Gasteiger partial charge on any atom is -0.416 e. The maximum atomic E-state index is 6.12. The highest BCUT2D eigenvalue weighted by Crippen LogP contribution is 2.32. The Balaban J connectivity index is 2.03. The first-order valence-electron chi connectivity index (χ1n) is 5.78. The Labute approximate surface area is 140 Å². The van der Waals surface area contributed by atoms with Crippen molar-refractivity contribution in [3.63, 3.8) is 0 Å². The summed E-state index contributed by atoms with van der Waals surface area (Å²) >= 11 is 23.9. The number of benzene rings is 2. The summed E-state index contributed by atoms with van der Waals surface area (Å²) in [7, 11) is 0. The molecule has 0 aliphatic rings. The summed E-state index contributed by atoms with van der Waals surface area (Å²) in [5.74, 6) is 0.600.